The van der Waals surface area contributed by atoms with Gasteiger partial charge in [0.25, 0.3) is 0 Å². The van der Waals surface area contributed by atoms with Gasteiger partial charge in [-0.2, -0.15) is 0 Å². The zero-order chi connectivity index (χ0) is 34.0. The van der Waals surface area contributed by atoms with Crippen molar-refractivity contribution in [2.45, 2.75) is 118 Å². The summed E-state index contributed by atoms with van der Waals surface area (Å²) in [6, 6.07) is 0. The quantitative estimate of drug-likeness (QED) is 0.0700. The highest BCUT2D eigenvalue weighted by atomic mass is 16.7. The average Bonchev–Trinajstić information content (AvgIpc) is 3.38. The predicted octanol–water partition coefficient (Wildman–Crippen LogP) is 5.92. The molecule has 0 aromatic rings. The van der Waals surface area contributed by atoms with Crippen LogP contribution in [0.1, 0.15) is 105 Å². The van der Waals surface area contributed by atoms with Gasteiger partial charge in [-0.3, -0.25) is 10.1 Å². The summed E-state index contributed by atoms with van der Waals surface area (Å²) in [7, 11) is 0. The fourth-order valence-corrected chi connectivity index (χ4v) is 9.90. The Kier molecular flexibility index (Phi) is 14.4. The molecule has 3 fully saturated rings. The number of rotatable bonds is 18. The predicted molar refractivity (Wildman–Crippen MR) is 182 cm³/mol. The van der Waals surface area contributed by atoms with Crippen LogP contribution in [0.3, 0.4) is 0 Å². The van der Waals surface area contributed by atoms with E-state index in [2.05, 4.69) is 46.0 Å². The number of allylic oxidation sites excluding steroid dienone is 1. The van der Waals surface area contributed by atoms with Crippen LogP contribution in [0.2, 0.25) is 0 Å². The van der Waals surface area contributed by atoms with E-state index in [1.54, 1.807) is 0 Å². The molecular formula is C37H65N3O7. The van der Waals surface area contributed by atoms with Gasteiger partial charge in [0, 0.05) is 6.42 Å². The maximum Gasteiger partial charge on any atom is 0.508 e. The Hall–Kier alpha value is -1.72. The van der Waals surface area contributed by atoms with Gasteiger partial charge in [0.2, 0.25) is 0 Å². The molecule has 10 heteroatoms. The van der Waals surface area contributed by atoms with Crippen molar-refractivity contribution in [1.82, 2.24) is 5.32 Å². The van der Waals surface area contributed by atoms with Gasteiger partial charge in [-0.05, 0) is 91.3 Å². The molecular weight excluding hydrogens is 598 g/mol. The number of esters is 1. The third kappa shape index (κ3) is 10.2. The van der Waals surface area contributed by atoms with Crippen molar-refractivity contribution in [3.63, 3.8) is 0 Å². The molecule has 0 amide bonds. The third-order valence-electron chi connectivity index (χ3n) is 12.3. The molecule has 10 nitrogen and oxygen atoms in total. The molecule has 3 saturated carbocycles. The highest BCUT2D eigenvalue weighted by Gasteiger charge is 2.59. The molecule has 0 bridgehead atoms. The van der Waals surface area contributed by atoms with E-state index in [1.165, 1.54) is 56.9 Å². The largest absolute Gasteiger partial charge is 0.508 e. The SMILES string of the molecule is CC(C)CCCC(C)C1CCC2C3CC=C4CC(OC(=O)OCCOCCOCCOC(=O)CNC(N)N)CCC4(C)C3CCC12C. The minimum Gasteiger partial charge on any atom is -0.462 e. The molecule has 47 heavy (non-hydrogen) atoms. The van der Waals surface area contributed by atoms with Crippen LogP contribution in [0.5, 0.6) is 0 Å². The first-order valence-electron chi connectivity index (χ1n) is 18.5. The van der Waals surface area contributed by atoms with Gasteiger partial charge in [-0.15, -0.1) is 0 Å². The molecule has 0 spiro atoms. The second kappa shape index (κ2) is 17.8. The summed E-state index contributed by atoms with van der Waals surface area (Å²) < 4.78 is 26.9. The number of carbonyl (C=O) groups excluding carboxylic acids is 2. The summed E-state index contributed by atoms with van der Waals surface area (Å²) in [6.45, 7) is 13.8. The van der Waals surface area contributed by atoms with E-state index in [9.17, 15) is 9.59 Å². The second-order valence-corrected chi connectivity index (χ2v) is 15.7. The van der Waals surface area contributed by atoms with Crippen LogP contribution >= 0.6 is 0 Å². The first-order chi connectivity index (χ1) is 22.4. The molecule has 0 radical (unpaired) electrons. The van der Waals surface area contributed by atoms with Gasteiger partial charge in [0.15, 0.2) is 0 Å². The van der Waals surface area contributed by atoms with Crippen molar-refractivity contribution in [3.05, 3.63) is 11.6 Å². The summed E-state index contributed by atoms with van der Waals surface area (Å²) in [6.07, 6.45) is 14.7. The Morgan fingerprint density at radius 1 is 0.894 bits per heavy atom. The smallest absolute Gasteiger partial charge is 0.462 e. The van der Waals surface area contributed by atoms with Crippen molar-refractivity contribution in [2.24, 2.45) is 57.8 Å². The standard InChI is InChI=1S/C37H65N3O7/c1-25(2)7-6-8-26(3)30-11-12-31-29-10-9-27-23-28(13-15-36(27,4)32(29)14-16-37(30,31)5)47-35(42)46-22-20-44-18-17-43-19-21-45-33(41)24-40-34(38)39/h9,25-26,28-32,34,40H,6-8,10-24,38-39H2,1-5H3. The molecule has 0 aromatic carbocycles. The number of nitrogens with one attached hydrogen (secondary N) is 1. The topological polar surface area (TPSA) is 144 Å². The molecule has 0 aromatic heterocycles. The van der Waals surface area contributed by atoms with E-state index in [0.29, 0.717) is 18.6 Å². The number of nitrogens with two attached hydrogens (primary N) is 2. The summed E-state index contributed by atoms with van der Waals surface area (Å²) in [5, 5.41) is 2.57. The van der Waals surface area contributed by atoms with Crippen LogP contribution in [0.15, 0.2) is 11.6 Å². The summed E-state index contributed by atoms with van der Waals surface area (Å²) in [5.41, 5.74) is 12.8. The Labute approximate surface area is 283 Å². The van der Waals surface area contributed by atoms with Gasteiger partial charge in [-0.25, -0.2) is 4.79 Å². The van der Waals surface area contributed by atoms with E-state index >= 15 is 0 Å². The van der Waals surface area contributed by atoms with Crippen molar-refractivity contribution in [2.75, 3.05) is 46.2 Å². The maximum absolute atomic E-state index is 12.5. The normalized spacial score (nSPS) is 32.3. The monoisotopic (exact) mass is 663 g/mol. The fraction of sp³-hybridized carbons (Fsp3) is 0.892. The first kappa shape index (κ1) is 38.1. The van der Waals surface area contributed by atoms with E-state index in [0.717, 1.165) is 54.8 Å². The average molecular weight is 664 g/mol. The number of hydrogen-bond acceptors (Lipinski definition) is 10. The lowest BCUT2D eigenvalue weighted by molar-refractivity contribution is -0.144. The van der Waals surface area contributed by atoms with Crippen molar-refractivity contribution >= 4 is 12.1 Å². The Balaban J connectivity index is 1.12. The van der Waals surface area contributed by atoms with E-state index in [4.69, 9.17) is 35.2 Å². The Bertz CT molecular complexity index is 1040. The molecule has 270 valence electrons. The molecule has 0 aliphatic heterocycles. The molecule has 4 aliphatic carbocycles. The minimum absolute atomic E-state index is 0.0547. The minimum atomic E-state index is -0.764. The van der Waals surface area contributed by atoms with Gasteiger partial charge in [0.1, 0.15) is 25.6 Å². The molecule has 8 unspecified atom stereocenters. The van der Waals surface area contributed by atoms with Gasteiger partial charge < -0.3 is 35.2 Å². The maximum atomic E-state index is 12.5. The molecule has 4 rings (SSSR count). The Morgan fingerprint density at radius 3 is 2.30 bits per heavy atom. The second-order valence-electron chi connectivity index (χ2n) is 15.7. The van der Waals surface area contributed by atoms with Gasteiger partial charge in [0.05, 0.1) is 33.0 Å². The van der Waals surface area contributed by atoms with Crippen LogP contribution < -0.4 is 16.8 Å². The van der Waals surface area contributed by atoms with Crippen molar-refractivity contribution < 1.29 is 33.3 Å². The number of fused-ring (bicyclic) bond motifs is 5. The van der Waals surface area contributed by atoms with E-state index < -0.39 is 18.4 Å². The van der Waals surface area contributed by atoms with Crippen molar-refractivity contribution in [1.29, 1.82) is 0 Å². The number of hydrogen-bond donors (Lipinski definition) is 3. The van der Waals surface area contributed by atoms with E-state index in [-0.39, 0.29) is 44.5 Å². The molecule has 0 saturated heterocycles. The summed E-state index contributed by atoms with van der Waals surface area (Å²) >= 11 is 0. The van der Waals surface area contributed by atoms with Crippen LogP contribution in [-0.4, -0.2) is 70.7 Å². The summed E-state index contributed by atoms with van der Waals surface area (Å²) in [5.74, 6) is 4.46. The first-order valence-corrected chi connectivity index (χ1v) is 18.5. The molecule has 4 aliphatic rings. The highest BCUT2D eigenvalue weighted by Crippen LogP contribution is 2.67. The van der Waals surface area contributed by atoms with E-state index in [1.807, 2.05) is 0 Å². The lowest BCUT2D eigenvalue weighted by atomic mass is 9.47. The zero-order valence-electron chi connectivity index (χ0n) is 29.9. The lowest BCUT2D eigenvalue weighted by Crippen LogP contribution is -2.51. The van der Waals surface area contributed by atoms with Crippen LogP contribution in [0.25, 0.3) is 0 Å². The molecule has 5 N–H and O–H groups in total. The van der Waals surface area contributed by atoms with Crippen LogP contribution in [-0.2, 0) is 28.5 Å². The van der Waals surface area contributed by atoms with Gasteiger partial charge >= 0.3 is 12.1 Å². The number of carbonyl (C=O) groups is 2. The zero-order valence-corrected chi connectivity index (χ0v) is 29.9. The fourth-order valence-electron chi connectivity index (χ4n) is 9.90. The molecule has 0 heterocycles. The van der Waals surface area contributed by atoms with Crippen LogP contribution in [0, 0.1) is 46.3 Å². The molecule has 8 atom stereocenters. The highest BCUT2D eigenvalue weighted by molar-refractivity contribution is 5.71. The lowest BCUT2D eigenvalue weighted by Gasteiger charge is -2.58. The summed E-state index contributed by atoms with van der Waals surface area (Å²) in [4.78, 5) is 23.9. The van der Waals surface area contributed by atoms with Crippen molar-refractivity contribution in [3.8, 4) is 0 Å². The number of ether oxygens (including phenoxy) is 5. The van der Waals surface area contributed by atoms with Crippen LogP contribution in [0.4, 0.5) is 4.79 Å². The van der Waals surface area contributed by atoms with Gasteiger partial charge in [-0.1, -0.05) is 65.5 Å². The Morgan fingerprint density at radius 2 is 1.60 bits per heavy atom. The third-order valence-corrected chi connectivity index (χ3v) is 12.3.